The number of halogens is 2. The second kappa shape index (κ2) is 7.21. The average Bonchev–Trinajstić information content (AvgIpc) is 2.52. The van der Waals surface area contributed by atoms with Gasteiger partial charge in [-0.25, -0.2) is 9.59 Å². The molecule has 0 radical (unpaired) electrons. The smallest absolute Gasteiger partial charge is 0.347 e. The highest BCUT2D eigenvalue weighted by Crippen LogP contribution is 2.32. The lowest BCUT2D eigenvalue weighted by molar-refractivity contribution is -0.152. The van der Waals surface area contributed by atoms with Crippen LogP contribution in [-0.4, -0.2) is 22.7 Å². The number of benzene rings is 2. The van der Waals surface area contributed by atoms with Gasteiger partial charge in [0, 0.05) is 0 Å². The van der Waals surface area contributed by atoms with E-state index >= 15 is 0 Å². The first-order valence-corrected chi connectivity index (χ1v) is 7.94. The van der Waals surface area contributed by atoms with Crippen LogP contribution in [0.5, 0.6) is 5.75 Å². The Hall–Kier alpha value is -2.44. The minimum Gasteiger partial charge on any atom is -0.478 e. The van der Waals surface area contributed by atoms with Crippen molar-refractivity contribution in [2.24, 2.45) is 5.73 Å². The Labute approximate surface area is 154 Å². The van der Waals surface area contributed by atoms with E-state index in [1.165, 1.54) is 24.8 Å². The van der Waals surface area contributed by atoms with Crippen molar-refractivity contribution >= 4 is 46.6 Å². The molecule has 0 bridgehead atoms. The largest absolute Gasteiger partial charge is 0.478 e. The van der Waals surface area contributed by atoms with Crippen LogP contribution >= 0.6 is 23.2 Å². The van der Waals surface area contributed by atoms with Crippen LogP contribution in [0.1, 0.15) is 13.8 Å². The van der Waals surface area contributed by atoms with Gasteiger partial charge < -0.3 is 15.6 Å². The fourth-order valence-electron chi connectivity index (χ4n) is 2.03. The molecule has 0 unspecified atom stereocenters. The molecule has 2 aromatic rings. The topological polar surface area (TPSA) is 92.9 Å². The molecule has 0 aliphatic heterocycles. The van der Waals surface area contributed by atoms with Gasteiger partial charge in [0.05, 0.1) is 21.4 Å². The first kappa shape index (κ1) is 18.9. The molecule has 0 saturated carbocycles. The van der Waals surface area contributed by atoms with Gasteiger partial charge in [-0.05, 0) is 56.3 Å². The monoisotopic (exact) mass is 382 g/mol. The number of carbonyl (C=O) groups excluding carboxylic acids is 1. The Morgan fingerprint density at radius 3 is 2.08 bits per heavy atom. The molecule has 3 N–H and O–H groups in total. The summed E-state index contributed by atoms with van der Waals surface area (Å²) >= 11 is 11.9. The number of anilines is 2. The maximum Gasteiger partial charge on any atom is 0.347 e. The summed E-state index contributed by atoms with van der Waals surface area (Å²) in [6.45, 7) is 2.88. The minimum atomic E-state index is -1.38. The number of nitrogens with zero attached hydrogens (tertiary/aromatic N) is 1. The highest BCUT2D eigenvalue weighted by molar-refractivity contribution is 6.42. The van der Waals surface area contributed by atoms with Crippen molar-refractivity contribution < 1.29 is 19.4 Å². The van der Waals surface area contributed by atoms with E-state index in [1.807, 2.05) is 0 Å². The Morgan fingerprint density at radius 1 is 1.04 bits per heavy atom. The van der Waals surface area contributed by atoms with Crippen molar-refractivity contribution in [1.82, 2.24) is 0 Å². The van der Waals surface area contributed by atoms with Crippen molar-refractivity contribution in [2.75, 3.05) is 4.90 Å². The molecule has 0 aliphatic rings. The first-order chi connectivity index (χ1) is 11.6. The molecule has 25 heavy (non-hydrogen) atoms. The number of carboxylic acid groups (broad SMARTS) is 1. The predicted octanol–water partition coefficient (Wildman–Crippen LogP) is 4.45. The number of carbonyl (C=O) groups is 2. The third-order valence-electron chi connectivity index (χ3n) is 3.36. The summed E-state index contributed by atoms with van der Waals surface area (Å²) < 4.78 is 5.43. The van der Waals surface area contributed by atoms with Gasteiger partial charge in [-0.2, -0.15) is 0 Å². The zero-order valence-electron chi connectivity index (χ0n) is 13.5. The summed E-state index contributed by atoms with van der Waals surface area (Å²) in [6, 6.07) is 10.2. The molecule has 132 valence electrons. The maximum absolute atomic E-state index is 11.9. The fraction of sp³-hybridized carbons (Fsp3) is 0.176. The Kier molecular flexibility index (Phi) is 5.45. The molecule has 0 heterocycles. The molecule has 0 saturated heterocycles. The van der Waals surface area contributed by atoms with Gasteiger partial charge >= 0.3 is 12.0 Å². The number of ether oxygens (including phenoxy) is 1. The van der Waals surface area contributed by atoms with Crippen LogP contribution in [0.15, 0.2) is 42.5 Å². The van der Waals surface area contributed by atoms with Crippen LogP contribution in [0.25, 0.3) is 0 Å². The molecule has 2 aromatic carbocycles. The van der Waals surface area contributed by atoms with E-state index < -0.39 is 17.6 Å². The fourth-order valence-corrected chi connectivity index (χ4v) is 2.32. The normalized spacial score (nSPS) is 11.0. The lowest BCUT2D eigenvalue weighted by atomic mass is 10.1. The molecule has 0 aliphatic carbocycles. The molecule has 0 spiro atoms. The van der Waals surface area contributed by atoms with Crippen molar-refractivity contribution in [3.63, 3.8) is 0 Å². The van der Waals surface area contributed by atoms with Crippen molar-refractivity contribution in [2.45, 2.75) is 19.4 Å². The standard InChI is InChI=1S/C17H16Cl2N2O4/c1-17(2,15(22)23)25-12-6-3-10(4-7-12)21(16(20)24)11-5-8-13(18)14(19)9-11/h3-9H,1-2H3,(H2,20,24)(H,22,23). The second-order valence-corrected chi connectivity index (χ2v) is 6.50. The highest BCUT2D eigenvalue weighted by atomic mass is 35.5. The van der Waals surface area contributed by atoms with Crippen molar-refractivity contribution in [3.05, 3.63) is 52.5 Å². The van der Waals surface area contributed by atoms with Crippen LogP contribution in [0.4, 0.5) is 16.2 Å². The summed E-state index contributed by atoms with van der Waals surface area (Å²) in [4.78, 5) is 24.2. The first-order valence-electron chi connectivity index (χ1n) is 7.19. The number of urea groups is 1. The number of aliphatic carboxylic acids is 1. The second-order valence-electron chi connectivity index (χ2n) is 5.68. The molecule has 0 aromatic heterocycles. The maximum atomic E-state index is 11.9. The summed E-state index contributed by atoms with van der Waals surface area (Å²) in [5.74, 6) is -0.749. The van der Waals surface area contributed by atoms with Crippen LogP contribution in [0.3, 0.4) is 0 Å². The molecule has 2 amide bonds. The van der Waals surface area contributed by atoms with Crippen LogP contribution < -0.4 is 15.4 Å². The zero-order chi connectivity index (χ0) is 18.8. The van der Waals surface area contributed by atoms with E-state index in [1.54, 1.807) is 36.4 Å². The van der Waals surface area contributed by atoms with Crippen LogP contribution in [-0.2, 0) is 4.79 Å². The lowest BCUT2D eigenvalue weighted by Gasteiger charge is -2.23. The van der Waals surface area contributed by atoms with Crippen LogP contribution in [0, 0.1) is 0 Å². The highest BCUT2D eigenvalue weighted by Gasteiger charge is 2.29. The van der Waals surface area contributed by atoms with Gasteiger partial charge in [0.15, 0.2) is 5.60 Å². The summed E-state index contributed by atoms with van der Waals surface area (Å²) in [7, 11) is 0. The van der Waals surface area contributed by atoms with E-state index in [4.69, 9.17) is 38.8 Å². The van der Waals surface area contributed by atoms with Crippen LogP contribution in [0.2, 0.25) is 10.0 Å². The van der Waals surface area contributed by atoms with Gasteiger partial charge in [0.1, 0.15) is 5.75 Å². The van der Waals surface area contributed by atoms with E-state index in [0.29, 0.717) is 22.1 Å². The summed E-state index contributed by atoms with van der Waals surface area (Å²) in [5.41, 5.74) is 5.00. The Balaban J connectivity index is 2.32. The number of hydrogen-bond acceptors (Lipinski definition) is 3. The predicted molar refractivity (Wildman–Crippen MR) is 97.0 cm³/mol. The average molecular weight is 383 g/mol. The molecule has 0 atom stereocenters. The van der Waals surface area contributed by atoms with Gasteiger partial charge in [0.25, 0.3) is 0 Å². The molecule has 8 heteroatoms. The quantitative estimate of drug-likeness (QED) is 0.798. The summed E-state index contributed by atoms with van der Waals surface area (Å²) in [6.07, 6.45) is 0. The van der Waals surface area contributed by atoms with E-state index in [9.17, 15) is 9.59 Å². The minimum absolute atomic E-state index is 0.286. The number of hydrogen-bond donors (Lipinski definition) is 2. The molecule has 2 rings (SSSR count). The van der Waals surface area contributed by atoms with Gasteiger partial charge in [0.2, 0.25) is 0 Å². The SMILES string of the molecule is CC(C)(Oc1ccc(N(C(N)=O)c2ccc(Cl)c(Cl)c2)cc1)C(=O)O. The number of primary amides is 1. The molecule has 0 fully saturated rings. The number of rotatable bonds is 5. The van der Waals surface area contributed by atoms with E-state index in [0.717, 1.165) is 0 Å². The van der Waals surface area contributed by atoms with E-state index in [-0.39, 0.29) is 5.02 Å². The lowest BCUT2D eigenvalue weighted by Crippen LogP contribution is -2.37. The van der Waals surface area contributed by atoms with Crippen molar-refractivity contribution in [3.8, 4) is 5.75 Å². The van der Waals surface area contributed by atoms with Gasteiger partial charge in [-0.1, -0.05) is 23.2 Å². The van der Waals surface area contributed by atoms with Gasteiger partial charge in [-0.3, -0.25) is 4.90 Å². The zero-order valence-corrected chi connectivity index (χ0v) is 15.0. The molecule has 6 nitrogen and oxygen atoms in total. The van der Waals surface area contributed by atoms with Crippen molar-refractivity contribution in [1.29, 1.82) is 0 Å². The molecular formula is C17H16Cl2N2O4. The third kappa shape index (κ3) is 4.35. The Morgan fingerprint density at radius 2 is 1.60 bits per heavy atom. The number of amides is 2. The van der Waals surface area contributed by atoms with E-state index in [2.05, 4.69) is 0 Å². The summed E-state index contributed by atoms with van der Waals surface area (Å²) in [5, 5.41) is 9.74. The third-order valence-corrected chi connectivity index (χ3v) is 4.10. The molecular weight excluding hydrogens is 367 g/mol. The number of nitrogens with two attached hydrogens (primary N) is 1. The Bertz CT molecular complexity index is 807. The van der Waals surface area contributed by atoms with Gasteiger partial charge in [-0.15, -0.1) is 0 Å². The number of carboxylic acids is 1.